The smallest absolute Gasteiger partial charge is 0.330 e. The lowest BCUT2D eigenvalue weighted by molar-refractivity contribution is -0.287. The maximum absolute atomic E-state index is 12.3. The zero-order chi connectivity index (χ0) is 20.1. The first-order chi connectivity index (χ1) is 13.3. The van der Waals surface area contributed by atoms with Crippen molar-refractivity contribution < 1.29 is 24.2 Å². The lowest BCUT2D eigenvalue weighted by Crippen LogP contribution is -2.60. The molecule has 0 radical (unpaired) electrons. The number of allylic oxidation sites excluding steroid dienone is 3. The van der Waals surface area contributed by atoms with Crippen molar-refractivity contribution >= 4 is 23.0 Å². The molecule has 2 bridgehead atoms. The molecule has 6 nitrogen and oxygen atoms in total. The maximum Gasteiger partial charge on any atom is 0.330 e. The van der Waals surface area contributed by atoms with Crippen molar-refractivity contribution in [2.75, 3.05) is 5.75 Å². The van der Waals surface area contributed by atoms with E-state index < -0.39 is 17.9 Å². The van der Waals surface area contributed by atoms with Crippen LogP contribution in [-0.2, 0) is 14.3 Å². The van der Waals surface area contributed by atoms with Crippen molar-refractivity contribution in [3.63, 3.8) is 0 Å². The van der Waals surface area contributed by atoms with Gasteiger partial charge in [0.15, 0.2) is 5.79 Å². The highest BCUT2D eigenvalue weighted by atomic mass is 32.2. The van der Waals surface area contributed by atoms with E-state index in [4.69, 9.17) is 9.47 Å². The van der Waals surface area contributed by atoms with E-state index in [1.165, 1.54) is 11.8 Å². The minimum atomic E-state index is -1.51. The summed E-state index contributed by atoms with van der Waals surface area (Å²) in [6.07, 6.45) is 10.1. The Morgan fingerprint density at radius 2 is 2.07 bits per heavy atom. The number of rotatable bonds is 1. The van der Waals surface area contributed by atoms with Gasteiger partial charge in [0, 0.05) is 24.7 Å². The van der Waals surface area contributed by atoms with Crippen LogP contribution in [0.3, 0.4) is 0 Å². The molecule has 5 atom stereocenters. The van der Waals surface area contributed by atoms with Gasteiger partial charge in [-0.2, -0.15) is 0 Å². The normalized spacial score (nSPS) is 38.0. The number of thioether (sulfide) groups is 1. The van der Waals surface area contributed by atoms with Crippen LogP contribution in [0.1, 0.15) is 58.8 Å². The SMILES string of the molecule is CC1=CC(=O)O[C@@H]2C[C@@H](CC[C@H](C)C=CCC1)O[C@@](O)(C1CCSC(=O)N1)C2. The fourth-order valence-corrected chi connectivity index (χ4v) is 4.86. The van der Waals surface area contributed by atoms with E-state index in [0.29, 0.717) is 24.5 Å². The summed E-state index contributed by atoms with van der Waals surface area (Å²) in [5.41, 5.74) is 0.981. The predicted molar refractivity (Wildman–Crippen MR) is 109 cm³/mol. The number of carbonyl (C=O) groups is 2. The molecule has 0 aromatic carbocycles. The van der Waals surface area contributed by atoms with Gasteiger partial charge >= 0.3 is 5.97 Å². The molecule has 1 unspecified atom stereocenters. The Bertz CT molecular complexity index is 649. The van der Waals surface area contributed by atoms with Gasteiger partial charge < -0.3 is 19.9 Å². The number of esters is 1. The molecular weight excluding hydrogens is 378 g/mol. The van der Waals surface area contributed by atoms with Crippen molar-refractivity contribution in [2.45, 2.75) is 82.8 Å². The van der Waals surface area contributed by atoms with E-state index in [1.807, 2.05) is 6.92 Å². The second kappa shape index (κ2) is 9.46. The van der Waals surface area contributed by atoms with Gasteiger partial charge in [-0.15, -0.1) is 0 Å². The van der Waals surface area contributed by atoms with Crippen LogP contribution in [0, 0.1) is 5.92 Å². The third kappa shape index (κ3) is 5.84. The van der Waals surface area contributed by atoms with E-state index >= 15 is 0 Å². The van der Waals surface area contributed by atoms with E-state index in [0.717, 1.165) is 31.3 Å². The van der Waals surface area contributed by atoms with Gasteiger partial charge in [0.2, 0.25) is 0 Å². The average Bonchev–Trinajstić information content (AvgIpc) is 2.62. The summed E-state index contributed by atoms with van der Waals surface area (Å²) in [5.74, 6) is -0.832. The molecule has 0 aromatic heterocycles. The summed E-state index contributed by atoms with van der Waals surface area (Å²) >= 11 is 1.21. The van der Waals surface area contributed by atoms with Crippen LogP contribution in [0.15, 0.2) is 23.8 Å². The van der Waals surface area contributed by atoms with Crippen LogP contribution in [0.4, 0.5) is 4.79 Å². The number of hydrogen-bond acceptors (Lipinski definition) is 6. The van der Waals surface area contributed by atoms with E-state index in [-0.39, 0.29) is 23.7 Å². The number of amides is 1. The summed E-state index contributed by atoms with van der Waals surface area (Å²) in [4.78, 5) is 24.1. The Balaban J connectivity index is 1.79. The Morgan fingerprint density at radius 3 is 2.86 bits per heavy atom. The molecule has 3 rings (SSSR count). The molecule has 2 saturated heterocycles. The average molecular weight is 410 g/mol. The highest BCUT2D eigenvalue weighted by Crippen LogP contribution is 2.36. The summed E-state index contributed by atoms with van der Waals surface area (Å²) in [6.45, 7) is 4.11. The highest BCUT2D eigenvalue weighted by Gasteiger charge is 2.48. The predicted octanol–water partition coefficient (Wildman–Crippen LogP) is 3.69. The second-order valence-corrected chi connectivity index (χ2v) is 9.28. The number of nitrogens with one attached hydrogen (secondary N) is 1. The van der Waals surface area contributed by atoms with Crippen LogP contribution in [0.5, 0.6) is 0 Å². The Kier molecular flexibility index (Phi) is 7.23. The summed E-state index contributed by atoms with van der Waals surface area (Å²) < 4.78 is 11.8. The summed E-state index contributed by atoms with van der Waals surface area (Å²) in [7, 11) is 0. The van der Waals surface area contributed by atoms with E-state index in [9.17, 15) is 14.7 Å². The monoisotopic (exact) mass is 409 g/mol. The van der Waals surface area contributed by atoms with E-state index in [1.54, 1.807) is 6.08 Å². The number of fused-ring (bicyclic) bond motifs is 2. The molecule has 7 heteroatoms. The number of carbonyl (C=O) groups excluding carboxylic acids is 2. The standard InChI is InChI=1S/C21H31NO5S/c1-14-5-3-4-6-15(2)11-19(23)26-17-12-16(8-7-14)27-21(25,13-17)18-9-10-28-20(24)22-18/h3,5,11,14,16-18,25H,4,6-10,12-13H2,1-2H3,(H,22,24)/t14-,16-,17-,18?,21-/m1/s1. The van der Waals surface area contributed by atoms with Crippen molar-refractivity contribution in [1.82, 2.24) is 5.32 Å². The van der Waals surface area contributed by atoms with E-state index in [2.05, 4.69) is 24.4 Å². The largest absolute Gasteiger partial charge is 0.459 e. The number of hydrogen-bond donors (Lipinski definition) is 2. The fraction of sp³-hybridized carbons (Fsp3) is 0.714. The summed E-state index contributed by atoms with van der Waals surface area (Å²) in [6, 6.07) is -0.487. The van der Waals surface area contributed by atoms with Crippen LogP contribution >= 0.6 is 11.8 Å². The van der Waals surface area contributed by atoms with Crippen molar-refractivity contribution in [2.24, 2.45) is 5.92 Å². The van der Waals surface area contributed by atoms with Gasteiger partial charge in [-0.3, -0.25) is 4.79 Å². The first-order valence-corrected chi connectivity index (χ1v) is 11.2. The molecule has 2 fully saturated rings. The number of aliphatic hydroxyl groups is 1. The minimum Gasteiger partial charge on any atom is -0.459 e. The highest BCUT2D eigenvalue weighted by molar-refractivity contribution is 8.13. The Labute approximate surface area is 171 Å². The molecular formula is C21H31NO5S. The molecule has 3 aliphatic rings. The zero-order valence-corrected chi connectivity index (χ0v) is 17.5. The zero-order valence-electron chi connectivity index (χ0n) is 16.7. The molecule has 2 N–H and O–H groups in total. The van der Waals surface area contributed by atoms with Gasteiger partial charge in [0.1, 0.15) is 6.10 Å². The molecule has 1 amide bonds. The molecule has 0 aliphatic carbocycles. The fourth-order valence-electron chi connectivity index (χ4n) is 4.10. The third-order valence-electron chi connectivity index (χ3n) is 5.65. The molecule has 0 spiro atoms. The molecule has 0 saturated carbocycles. The van der Waals surface area contributed by atoms with Crippen LogP contribution in [0.25, 0.3) is 0 Å². The topological polar surface area (TPSA) is 84.9 Å². The minimum absolute atomic E-state index is 0.150. The van der Waals surface area contributed by atoms with Crippen LogP contribution in [-0.4, -0.2) is 46.1 Å². The van der Waals surface area contributed by atoms with Gasteiger partial charge in [-0.1, -0.05) is 36.4 Å². The van der Waals surface area contributed by atoms with Crippen LogP contribution < -0.4 is 5.32 Å². The van der Waals surface area contributed by atoms with Crippen molar-refractivity contribution in [1.29, 1.82) is 0 Å². The molecule has 0 aromatic rings. The van der Waals surface area contributed by atoms with Crippen LogP contribution in [0.2, 0.25) is 0 Å². The first-order valence-electron chi connectivity index (χ1n) is 10.2. The van der Waals surface area contributed by atoms with Gasteiger partial charge in [0.05, 0.1) is 12.1 Å². The third-order valence-corrected chi connectivity index (χ3v) is 6.47. The second-order valence-electron chi connectivity index (χ2n) is 8.22. The van der Waals surface area contributed by atoms with Gasteiger partial charge in [-0.25, -0.2) is 4.79 Å². The molecule has 3 aliphatic heterocycles. The van der Waals surface area contributed by atoms with Crippen molar-refractivity contribution in [3.8, 4) is 0 Å². The maximum atomic E-state index is 12.3. The first kappa shape index (κ1) is 21.4. The molecule has 28 heavy (non-hydrogen) atoms. The Morgan fingerprint density at radius 1 is 1.25 bits per heavy atom. The lowest BCUT2D eigenvalue weighted by Gasteiger charge is -2.46. The quantitative estimate of drug-likeness (QED) is 0.507. The number of ether oxygens (including phenoxy) is 2. The molecule has 3 heterocycles. The van der Waals surface area contributed by atoms with Gasteiger partial charge in [-0.05, 0) is 44.9 Å². The van der Waals surface area contributed by atoms with Crippen molar-refractivity contribution in [3.05, 3.63) is 23.8 Å². The molecule has 156 valence electrons. The lowest BCUT2D eigenvalue weighted by atomic mass is 9.89. The van der Waals surface area contributed by atoms with Gasteiger partial charge in [0.25, 0.3) is 5.24 Å². The summed E-state index contributed by atoms with van der Waals surface area (Å²) in [5, 5.41) is 13.9. The Hall–Kier alpha value is -1.31.